The van der Waals surface area contributed by atoms with Crippen LogP contribution in [0.25, 0.3) is 0 Å². The molecule has 0 radical (unpaired) electrons. The van der Waals surface area contributed by atoms with Crippen LogP contribution < -0.4 is 4.90 Å². The highest BCUT2D eigenvalue weighted by Gasteiger charge is 2.53. The highest BCUT2D eigenvalue weighted by Crippen LogP contribution is 2.45. The van der Waals surface area contributed by atoms with Gasteiger partial charge in [0.05, 0.1) is 24.0 Å². The van der Waals surface area contributed by atoms with Crippen molar-refractivity contribution in [2.24, 2.45) is 0 Å². The van der Waals surface area contributed by atoms with Crippen LogP contribution in [-0.2, 0) is 28.1 Å². The molecule has 0 fully saturated rings. The first-order valence-electron chi connectivity index (χ1n) is 6.51. The number of halogens is 3. The Balaban J connectivity index is 1.89. The maximum absolute atomic E-state index is 14.1. The lowest BCUT2D eigenvalue weighted by Gasteiger charge is -2.15. The number of anilines is 1. The highest BCUT2D eigenvalue weighted by atomic mass is 35.5. The average Bonchev–Trinajstić information content (AvgIpc) is 2.95. The standard InChI is InChI=1S/C12H10ClF2N4O4P/c13-7-1-2-10-9(3-7)12(14,15)11(20)19(10)5-8-4-18(17-16-8)6-24(21,22)23/h1-4H,5-6H2,(H2,21,22,23). The quantitative estimate of drug-likeness (QED) is 0.784. The molecular formula is C12H10ClF2N4O4P. The minimum Gasteiger partial charge on any atom is -0.323 e. The summed E-state index contributed by atoms with van der Waals surface area (Å²) in [6.45, 7) is -0.315. The van der Waals surface area contributed by atoms with E-state index in [1.165, 1.54) is 18.3 Å². The Hall–Kier alpha value is -1.87. The van der Waals surface area contributed by atoms with Gasteiger partial charge in [0.25, 0.3) is 0 Å². The fourth-order valence-corrected chi connectivity index (χ4v) is 3.06. The number of rotatable bonds is 4. The van der Waals surface area contributed by atoms with E-state index in [-0.39, 0.29) is 22.9 Å². The zero-order valence-corrected chi connectivity index (χ0v) is 13.5. The van der Waals surface area contributed by atoms with Crippen LogP contribution >= 0.6 is 19.2 Å². The number of fused-ring (bicyclic) bond motifs is 1. The molecule has 2 N–H and O–H groups in total. The van der Waals surface area contributed by atoms with Crippen molar-refractivity contribution in [1.82, 2.24) is 15.0 Å². The van der Waals surface area contributed by atoms with Gasteiger partial charge in [0.15, 0.2) is 0 Å². The summed E-state index contributed by atoms with van der Waals surface area (Å²) in [6.07, 6.45) is 0.481. The van der Waals surface area contributed by atoms with Crippen LogP contribution in [0.3, 0.4) is 0 Å². The maximum atomic E-state index is 14.1. The lowest BCUT2D eigenvalue weighted by Crippen LogP contribution is -2.34. The van der Waals surface area contributed by atoms with E-state index in [1.807, 2.05) is 0 Å². The van der Waals surface area contributed by atoms with Crippen LogP contribution in [0.2, 0.25) is 5.02 Å². The predicted octanol–water partition coefficient (Wildman–Crippen LogP) is 1.71. The summed E-state index contributed by atoms with van der Waals surface area (Å²) in [7, 11) is -4.36. The van der Waals surface area contributed by atoms with Crippen molar-refractivity contribution in [2.45, 2.75) is 18.8 Å². The molecule has 0 unspecified atom stereocenters. The van der Waals surface area contributed by atoms with E-state index in [0.717, 1.165) is 15.6 Å². The van der Waals surface area contributed by atoms with Crippen LogP contribution in [0.1, 0.15) is 11.3 Å². The first kappa shape index (κ1) is 17.0. The van der Waals surface area contributed by atoms with E-state index in [9.17, 15) is 18.1 Å². The van der Waals surface area contributed by atoms with Gasteiger partial charge >= 0.3 is 19.4 Å². The van der Waals surface area contributed by atoms with Crippen molar-refractivity contribution in [3.8, 4) is 0 Å². The van der Waals surface area contributed by atoms with E-state index >= 15 is 0 Å². The van der Waals surface area contributed by atoms with Crippen LogP contribution in [0.5, 0.6) is 0 Å². The van der Waals surface area contributed by atoms with Crippen LogP contribution in [0, 0.1) is 0 Å². The summed E-state index contributed by atoms with van der Waals surface area (Å²) in [5.74, 6) is -5.13. The van der Waals surface area contributed by atoms with E-state index in [1.54, 1.807) is 0 Å². The Bertz CT molecular complexity index is 868. The average molecular weight is 379 g/mol. The molecule has 1 aromatic heterocycles. The molecule has 8 nitrogen and oxygen atoms in total. The van der Waals surface area contributed by atoms with E-state index < -0.39 is 31.3 Å². The number of alkyl halides is 2. The fraction of sp³-hybridized carbons (Fsp3) is 0.250. The molecule has 12 heteroatoms. The van der Waals surface area contributed by atoms with Gasteiger partial charge in [0.2, 0.25) is 0 Å². The summed E-state index contributed by atoms with van der Waals surface area (Å²) < 4.78 is 40.0. The van der Waals surface area contributed by atoms with E-state index in [2.05, 4.69) is 10.3 Å². The molecule has 1 aromatic carbocycles. The van der Waals surface area contributed by atoms with Gasteiger partial charge in [-0.3, -0.25) is 9.36 Å². The Morgan fingerprint density at radius 1 is 1.33 bits per heavy atom. The Kier molecular flexibility index (Phi) is 3.95. The van der Waals surface area contributed by atoms with Gasteiger partial charge < -0.3 is 14.7 Å². The molecule has 1 aliphatic heterocycles. The third-order valence-electron chi connectivity index (χ3n) is 3.34. The van der Waals surface area contributed by atoms with Crippen molar-refractivity contribution >= 4 is 30.8 Å². The monoisotopic (exact) mass is 378 g/mol. The van der Waals surface area contributed by atoms with Gasteiger partial charge in [0.1, 0.15) is 12.0 Å². The molecular weight excluding hydrogens is 369 g/mol. The zero-order valence-electron chi connectivity index (χ0n) is 11.8. The van der Waals surface area contributed by atoms with Crippen molar-refractivity contribution in [2.75, 3.05) is 4.90 Å². The Labute approximate surface area is 138 Å². The topological polar surface area (TPSA) is 109 Å². The van der Waals surface area contributed by atoms with Crippen molar-refractivity contribution in [1.29, 1.82) is 0 Å². The molecule has 24 heavy (non-hydrogen) atoms. The zero-order chi connectivity index (χ0) is 17.7. The normalized spacial score (nSPS) is 16.5. The van der Waals surface area contributed by atoms with Gasteiger partial charge in [0, 0.05) is 5.02 Å². The molecule has 3 rings (SSSR count). The molecule has 0 spiro atoms. The molecule has 0 bridgehead atoms. The lowest BCUT2D eigenvalue weighted by molar-refractivity contribution is -0.141. The van der Waals surface area contributed by atoms with Crippen molar-refractivity contribution < 1.29 is 27.9 Å². The molecule has 2 aromatic rings. The van der Waals surface area contributed by atoms with Gasteiger partial charge in [-0.1, -0.05) is 16.8 Å². The summed E-state index contributed by atoms with van der Waals surface area (Å²) in [5.41, 5.74) is -0.392. The molecule has 0 aliphatic carbocycles. The highest BCUT2D eigenvalue weighted by molar-refractivity contribution is 7.50. The van der Waals surface area contributed by atoms with E-state index in [0.29, 0.717) is 0 Å². The van der Waals surface area contributed by atoms with Gasteiger partial charge in [-0.2, -0.15) is 8.78 Å². The number of carbonyl (C=O) groups is 1. The smallest absolute Gasteiger partial charge is 0.323 e. The van der Waals surface area contributed by atoms with Crippen LogP contribution in [0.4, 0.5) is 14.5 Å². The summed E-state index contributed by atoms with van der Waals surface area (Å²) >= 11 is 5.71. The lowest BCUT2D eigenvalue weighted by atomic mass is 10.1. The molecule has 2 heterocycles. The van der Waals surface area contributed by atoms with E-state index in [4.69, 9.17) is 21.4 Å². The number of nitrogens with zero attached hydrogens (tertiary/aromatic N) is 4. The van der Waals surface area contributed by atoms with Crippen LogP contribution in [0.15, 0.2) is 24.4 Å². The Morgan fingerprint density at radius 3 is 2.71 bits per heavy atom. The first-order chi connectivity index (χ1) is 11.1. The number of aromatic nitrogens is 3. The Morgan fingerprint density at radius 2 is 2.04 bits per heavy atom. The second kappa shape index (κ2) is 5.59. The SMILES string of the molecule is O=C1N(Cc2cn(CP(=O)(O)O)nn2)c2ccc(Cl)cc2C1(F)F. The second-order valence-electron chi connectivity index (χ2n) is 5.18. The molecule has 0 atom stereocenters. The first-order valence-corrected chi connectivity index (χ1v) is 8.69. The summed E-state index contributed by atoms with van der Waals surface area (Å²) in [6, 6.07) is 3.71. The van der Waals surface area contributed by atoms with Gasteiger partial charge in [-0.15, -0.1) is 5.10 Å². The third kappa shape index (κ3) is 3.05. The number of hydrogen-bond donors (Lipinski definition) is 2. The third-order valence-corrected chi connectivity index (χ3v) is 4.23. The largest absolute Gasteiger partial charge is 0.352 e. The molecule has 0 saturated carbocycles. The molecule has 1 amide bonds. The number of amides is 1. The number of carbonyl (C=O) groups excluding carboxylic acids is 1. The van der Waals surface area contributed by atoms with Crippen LogP contribution in [-0.4, -0.2) is 30.7 Å². The van der Waals surface area contributed by atoms with Crippen molar-refractivity contribution in [3.63, 3.8) is 0 Å². The fourth-order valence-electron chi connectivity index (χ4n) is 2.38. The number of benzene rings is 1. The second-order valence-corrected chi connectivity index (χ2v) is 7.23. The minimum atomic E-state index is -4.36. The van der Waals surface area contributed by atoms with Gasteiger partial charge in [-0.05, 0) is 18.2 Å². The maximum Gasteiger partial charge on any atom is 0.352 e. The molecule has 1 aliphatic rings. The summed E-state index contributed by atoms with van der Waals surface area (Å²) in [4.78, 5) is 30.6. The molecule has 0 saturated heterocycles. The molecule has 128 valence electrons. The predicted molar refractivity (Wildman–Crippen MR) is 78.6 cm³/mol. The minimum absolute atomic E-state index is 0.000983. The summed E-state index contributed by atoms with van der Waals surface area (Å²) in [5, 5.41) is 7.22. The van der Waals surface area contributed by atoms with Crippen molar-refractivity contribution in [3.05, 3.63) is 40.7 Å². The number of hydrogen-bond acceptors (Lipinski definition) is 4. The van der Waals surface area contributed by atoms with Gasteiger partial charge in [-0.25, -0.2) is 4.68 Å².